The summed E-state index contributed by atoms with van der Waals surface area (Å²) in [4.78, 5) is 0. The summed E-state index contributed by atoms with van der Waals surface area (Å²) in [5, 5.41) is -0.637. The summed E-state index contributed by atoms with van der Waals surface area (Å²) >= 11 is -1.68. The van der Waals surface area contributed by atoms with Crippen LogP contribution in [0.1, 0.15) is 11.6 Å². The lowest BCUT2D eigenvalue weighted by molar-refractivity contribution is -0.171. The zero-order valence-electron chi connectivity index (χ0n) is 11.1. The molecule has 2 nitrogen and oxygen atoms in total. The van der Waals surface area contributed by atoms with E-state index in [0.717, 1.165) is 37.4 Å². The van der Waals surface area contributed by atoms with Crippen molar-refractivity contribution in [3.63, 3.8) is 0 Å². The monoisotopic (exact) mass is 355 g/mol. The van der Waals surface area contributed by atoms with E-state index in [2.05, 4.69) is 0 Å². The second-order valence-corrected chi connectivity index (χ2v) is 7.16. The van der Waals surface area contributed by atoms with Crippen molar-refractivity contribution in [2.24, 2.45) is 0 Å². The summed E-state index contributed by atoms with van der Waals surface area (Å²) < 4.78 is 78.5. The second kappa shape index (κ2) is 6.53. The zero-order chi connectivity index (χ0) is 16.5. The molecule has 2 atom stereocenters. The van der Waals surface area contributed by atoms with Crippen molar-refractivity contribution in [1.29, 1.82) is 0 Å². The van der Waals surface area contributed by atoms with E-state index in [1.165, 1.54) is 6.07 Å². The van der Waals surface area contributed by atoms with Crippen molar-refractivity contribution in [2.45, 2.75) is 16.4 Å². The van der Waals surface area contributed by atoms with Gasteiger partial charge in [-0.15, -0.1) is 4.31 Å². The third kappa shape index (κ3) is 3.78. The average molecular weight is 355 g/mol. The van der Waals surface area contributed by atoms with Crippen molar-refractivity contribution in [3.05, 3.63) is 52.9 Å². The fourth-order valence-corrected chi connectivity index (χ4v) is 4.12. The standard InChI is InChI=1S/C13H10F5NOS2/c1-19(22(20)11-7-6-10(15)21-11)12(13(16,17)18)8-2-4-9(14)5-3-8/h2-7,12H,1H3/t12-,22?/m0/s1. The van der Waals surface area contributed by atoms with E-state index >= 15 is 0 Å². The Bertz CT molecular complexity index is 628. The molecule has 0 radical (unpaired) electrons. The highest BCUT2D eigenvalue weighted by Gasteiger charge is 2.48. The van der Waals surface area contributed by atoms with Crippen LogP contribution in [-0.4, -0.2) is 22.1 Å². The van der Waals surface area contributed by atoms with Gasteiger partial charge in [0.1, 0.15) is 5.82 Å². The highest BCUT2D eigenvalue weighted by molar-refractivity contribution is 7.91. The molecule has 9 heteroatoms. The summed E-state index contributed by atoms with van der Waals surface area (Å²) in [6.07, 6.45) is -4.72. The summed E-state index contributed by atoms with van der Waals surface area (Å²) in [7, 11) is 1.02. The summed E-state index contributed by atoms with van der Waals surface area (Å²) in [5.74, 6) is -0.672. The number of hydrogen-bond acceptors (Lipinski definition) is 3. The topological polar surface area (TPSA) is 26.3 Å². The van der Waals surface area contributed by atoms with E-state index in [1.54, 1.807) is 0 Å². The normalized spacial score (nSPS) is 15.1. The molecule has 0 amide bonds. The molecular formula is C13H10F5NOS2. The van der Waals surface area contributed by atoms with Gasteiger partial charge in [0.2, 0.25) is 4.21 Å². The van der Waals surface area contributed by atoms with Gasteiger partial charge in [-0.2, -0.15) is 17.6 Å². The number of alkyl halides is 3. The van der Waals surface area contributed by atoms with Gasteiger partial charge in [0, 0.05) is 13.1 Å². The number of rotatable bonds is 4. The molecule has 1 aromatic heterocycles. The lowest BCUT2D eigenvalue weighted by Crippen LogP contribution is -2.39. The Hall–Kier alpha value is -1.16. The lowest BCUT2D eigenvalue weighted by atomic mass is 10.1. The Morgan fingerprint density at radius 2 is 1.68 bits per heavy atom. The molecule has 0 fully saturated rings. The molecule has 0 aliphatic heterocycles. The number of benzene rings is 1. The first kappa shape index (κ1) is 17.2. The van der Waals surface area contributed by atoms with Gasteiger partial charge in [-0.05, 0) is 23.8 Å². The van der Waals surface area contributed by atoms with Crippen LogP contribution >= 0.6 is 11.3 Å². The minimum atomic E-state index is -4.72. The van der Waals surface area contributed by atoms with Crippen LogP contribution in [0.2, 0.25) is 0 Å². The summed E-state index contributed by atoms with van der Waals surface area (Å²) in [5.41, 5.74) is -0.248. The maximum atomic E-state index is 13.3. The van der Waals surface area contributed by atoms with Crippen molar-refractivity contribution >= 4 is 22.7 Å². The summed E-state index contributed by atoms with van der Waals surface area (Å²) in [6.45, 7) is 0. The minimum absolute atomic E-state index is 0.0311. The van der Waals surface area contributed by atoms with Crippen LogP contribution < -0.4 is 0 Å². The van der Waals surface area contributed by atoms with Crippen LogP contribution in [0.3, 0.4) is 0 Å². The maximum Gasteiger partial charge on any atom is 0.412 e. The van der Waals surface area contributed by atoms with Crippen LogP contribution in [0.25, 0.3) is 0 Å². The molecule has 0 saturated carbocycles. The van der Waals surface area contributed by atoms with Gasteiger partial charge < -0.3 is 4.55 Å². The van der Waals surface area contributed by atoms with Gasteiger partial charge in [0.25, 0.3) is 0 Å². The van der Waals surface area contributed by atoms with Gasteiger partial charge in [-0.25, -0.2) is 4.39 Å². The highest BCUT2D eigenvalue weighted by atomic mass is 32.2. The van der Waals surface area contributed by atoms with Crippen molar-refractivity contribution in [3.8, 4) is 0 Å². The second-order valence-electron chi connectivity index (χ2n) is 4.35. The SMILES string of the molecule is CN([C@@H](c1ccc(F)cc1)C(F)(F)F)[S+]([O-])c1ccc(F)s1. The Kier molecular flexibility index (Phi) is 5.10. The number of hydrogen-bond donors (Lipinski definition) is 0. The van der Waals surface area contributed by atoms with E-state index in [9.17, 15) is 26.5 Å². The van der Waals surface area contributed by atoms with E-state index in [1.807, 2.05) is 0 Å². The minimum Gasteiger partial charge on any atom is -0.592 e. The molecule has 0 N–H and O–H groups in total. The van der Waals surface area contributed by atoms with Crippen LogP contribution in [0.5, 0.6) is 0 Å². The quantitative estimate of drug-likeness (QED) is 0.604. The fourth-order valence-electron chi connectivity index (χ4n) is 1.88. The smallest absolute Gasteiger partial charge is 0.412 e. The molecule has 0 aliphatic rings. The van der Waals surface area contributed by atoms with Crippen LogP contribution in [0.15, 0.2) is 40.6 Å². The van der Waals surface area contributed by atoms with E-state index < -0.39 is 34.5 Å². The van der Waals surface area contributed by atoms with Crippen molar-refractivity contribution in [1.82, 2.24) is 4.31 Å². The summed E-state index contributed by atoms with van der Waals surface area (Å²) in [6, 6.07) is 3.77. The largest absolute Gasteiger partial charge is 0.592 e. The predicted molar refractivity (Wildman–Crippen MR) is 73.6 cm³/mol. The Morgan fingerprint density at radius 3 is 2.14 bits per heavy atom. The van der Waals surface area contributed by atoms with E-state index in [-0.39, 0.29) is 9.77 Å². The predicted octanol–water partition coefficient (Wildman–Crippen LogP) is 4.28. The molecular weight excluding hydrogens is 345 g/mol. The zero-order valence-corrected chi connectivity index (χ0v) is 12.7. The van der Waals surface area contributed by atoms with Crippen LogP contribution in [0, 0.1) is 10.9 Å². The number of nitrogens with zero attached hydrogens (tertiary/aromatic N) is 1. The molecule has 22 heavy (non-hydrogen) atoms. The molecule has 0 bridgehead atoms. The van der Waals surface area contributed by atoms with Gasteiger partial charge in [0.15, 0.2) is 11.2 Å². The molecule has 1 unspecified atom stereocenters. The van der Waals surface area contributed by atoms with E-state index in [0.29, 0.717) is 15.6 Å². The fraction of sp³-hybridized carbons (Fsp3) is 0.231. The lowest BCUT2D eigenvalue weighted by Gasteiger charge is -2.29. The number of thiophene rings is 1. The first-order valence-electron chi connectivity index (χ1n) is 5.92. The van der Waals surface area contributed by atoms with Gasteiger partial charge >= 0.3 is 6.18 Å². The van der Waals surface area contributed by atoms with Crippen LogP contribution in [0.4, 0.5) is 22.0 Å². The Labute approximate surface area is 130 Å². The highest BCUT2D eigenvalue weighted by Crippen LogP contribution is 2.40. The van der Waals surface area contributed by atoms with Gasteiger partial charge in [-0.3, -0.25) is 0 Å². The Morgan fingerprint density at radius 1 is 1.09 bits per heavy atom. The first-order valence-corrected chi connectivity index (χ1v) is 7.84. The Balaban J connectivity index is 2.35. The van der Waals surface area contributed by atoms with Gasteiger partial charge in [0.05, 0.1) is 11.4 Å². The number of halogens is 5. The third-order valence-electron chi connectivity index (χ3n) is 2.84. The maximum absolute atomic E-state index is 13.3. The first-order chi connectivity index (χ1) is 10.2. The molecule has 120 valence electrons. The van der Waals surface area contributed by atoms with E-state index in [4.69, 9.17) is 0 Å². The van der Waals surface area contributed by atoms with Crippen molar-refractivity contribution in [2.75, 3.05) is 7.05 Å². The molecule has 2 aromatic rings. The van der Waals surface area contributed by atoms with Crippen molar-refractivity contribution < 1.29 is 26.5 Å². The molecule has 0 aliphatic carbocycles. The molecule has 0 spiro atoms. The molecule has 2 rings (SSSR count). The third-order valence-corrected chi connectivity index (χ3v) is 5.40. The molecule has 0 saturated heterocycles. The van der Waals surface area contributed by atoms with Crippen LogP contribution in [-0.2, 0) is 11.4 Å². The molecule has 1 aromatic carbocycles. The molecule has 1 heterocycles. The van der Waals surface area contributed by atoms with Gasteiger partial charge in [-0.1, -0.05) is 23.5 Å². The average Bonchev–Trinajstić information content (AvgIpc) is 2.85.